The summed E-state index contributed by atoms with van der Waals surface area (Å²) >= 11 is 0. The Balaban J connectivity index is 1.57. The molecule has 0 spiro atoms. The van der Waals surface area contributed by atoms with Crippen molar-refractivity contribution in [3.8, 4) is 11.3 Å². The van der Waals surface area contributed by atoms with Crippen LogP contribution >= 0.6 is 0 Å². The minimum atomic E-state index is -0.0338. The number of aryl methyl sites for hydroxylation is 1. The Morgan fingerprint density at radius 2 is 1.78 bits per heavy atom. The summed E-state index contributed by atoms with van der Waals surface area (Å²) in [6, 6.07) is 10.3. The number of hydrogen-bond donors (Lipinski definition) is 1. The van der Waals surface area contributed by atoms with Gasteiger partial charge in [0.25, 0.3) is 5.91 Å². The van der Waals surface area contributed by atoms with Crippen LogP contribution in [0.2, 0.25) is 0 Å². The molecule has 0 saturated carbocycles. The zero-order valence-corrected chi connectivity index (χ0v) is 15.5. The van der Waals surface area contributed by atoms with Crippen LogP contribution in [-0.2, 0) is 19.9 Å². The lowest BCUT2D eigenvalue weighted by Crippen LogP contribution is -2.33. The monoisotopic (exact) mass is 362 g/mol. The molecule has 0 atom stereocenters. The molecule has 7 nitrogen and oxygen atoms in total. The number of carbonyl (C=O) groups excluding carboxylic acids is 1. The van der Waals surface area contributed by atoms with Crippen LogP contribution in [0, 0.1) is 0 Å². The molecule has 7 heteroatoms. The van der Waals surface area contributed by atoms with Gasteiger partial charge in [-0.1, -0.05) is 30.3 Å². The standard InChI is InChI=1S/C20H22N6O/c1-21-20-22-12-15(13-23-20)19(27)26-10-8-16-17(9-11-26)24-25(2)18(16)14-6-4-3-5-7-14/h3-7,12-13H,8-11H2,1-2H3,(H,21,22,23). The summed E-state index contributed by atoms with van der Waals surface area (Å²) in [5.74, 6) is 0.473. The van der Waals surface area contributed by atoms with Gasteiger partial charge in [-0.15, -0.1) is 0 Å². The highest BCUT2D eigenvalue weighted by molar-refractivity contribution is 5.93. The maximum atomic E-state index is 12.8. The molecule has 1 aliphatic rings. The van der Waals surface area contributed by atoms with Crippen LogP contribution < -0.4 is 5.32 Å². The minimum absolute atomic E-state index is 0.0338. The number of rotatable bonds is 3. The Hall–Kier alpha value is -3.22. The van der Waals surface area contributed by atoms with Gasteiger partial charge in [-0.25, -0.2) is 9.97 Å². The molecule has 4 rings (SSSR count). The number of hydrogen-bond acceptors (Lipinski definition) is 5. The van der Waals surface area contributed by atoms with E-state index in [4.69, 9.17) is 5.10 Å². The number of carbonyl (C=O) groups is 1. The van der Waals surface area contributed by atoms with Crippen molar-refractivity contribution in [3.05, 3.63) is 59.5 Å². The summed E-state index contributed by atoms with van der Waals surface area (Å²) in [6.07, 6.45) is 4.69. The Bertz CT molecular complexity index is 949. The maximum absolute atomic E-state index is 12.8. The summed E-state index contributed by atoms with van der Waals surface area (Å²) in [5.41, 5.74) is 5.12. The normalized spacial score (nSPS) is 13.8. The van der Waals surface area contributed by atoms with Crippen LogP contribution in [0.4, 0.5) is 5.95 Å². The number of anilines is 1. The van der Waals surface area contributed by atoms with E-state index in [-0.39, 0.29) is 5.91 Å². The summed E-state index contributed by atoms with van der Waals surface area (Å²) in [7, 11) is 3.74. The molecule has 0 aliphatic carbocycles. The molecule has 1 aromatic carbocycles. The van der Waals surface area contributed by atoms with Crippen LogP contribution in [0.5, 0.6) is 0 Å². The molecule has 3 heterocycles. The summed E-state index contributed by atoms with van der Waals surface area (Å²) < 4.78 is 1.96. The van der Waals surface area contributed by atoms with E-state index in [9.17, 15) is 4.79 Å². The van der Waals surface area contributed by atoms with E-state index in [2.05, 4.69) is 27.4 Å². The van der Waals surface area contributed by atoms with E-state index < -0.39 is 0 Å². The average Bonchev–Trinajstić information content (AvgIpc) is 2.89. The van der Waals surface area contributed by atoms with E-state index in [1.165, 1.54) is 5.56 Å². The zero-order valence-electron chi connectivity index (χ0n) is 15.5. The average molecular weight is 362 g/mol. The van der Waals surface area contributed by atoms with Gasteiger partial charge < -0.3 is 10.2 Å². The zero-order chi connectivity index (χ0) is 18.8. The lowest BCUT2D eigenvalue weighted by Gasteiger charge is -2.20. The Labute approximate surface area is 158 Å². The van der Waals surface area contributed by atoms with Crippen molar-refractivity contribution in [1.29, 1.82) is 0 Å². The molecule has 3 aromatic rings. The first-order chi connectivity index (χ1) is 13.2. The van der Waals surface area contributed by atoms with Crippen LogP contribution in [-0.4, -0.2) is 50.7 Å². The van der Waals surface area contributed by atoms with Crippen LogP contribution in [0.1, 0.15) is 21.6 Å². The Kier molecular flexibility index (Phi) is 4.58. The van der Waals surface area contributed by atoms with E-state index in [0.29, 0.717) is 24.6 Å². The van der Waals surface area contributed by atoms with Crippen molar-refractivity contribution < 1.29 is 4.79 Å². The summed E-state index contributed by atoms with van der Waals surface area (Å²) in [5, 5.41) is 7.58. The van der Waals surface area contributed by atoms with Crippen molar-refractivity contribution in [3.63, 3.8) is 0 Å². The highest BCUT2D eigenvalue weighted by Gasteiger charge is 2.25. The highest BCUT2D eigenvalue weighted by Crippen LogP contribution is 2.28. The van der Waals surface area contributed by atoms with Gasteiger partial charge in [0.1, 0.15) is 0 Å². The second-order valence-corrected chi connectivity index (χ2v) is 6.60. The molecular formula is C20H22N6O. The van der Waals surface area contributed by atoms with Crippen molar-refractivity contribution in [2.75, 3.05) is 25.5 Å². The van der Waals surface area contributed by atoms with Gasteiger partial charge in [-0.3, -0.25) is 9.48 Å². The second-order valence-electron chi connectivity index (χ2n) is 6.60. The quantitative estimate of drug-likeness (QED) is 0.773. The van der Waals surface area contributed by atoms with E-state index in [1.54, 1.807) is 19.4 Å². The van der Waals surface area contributed by atoms with Crippen LogP contribution in [0.3, 0.4) is 0 Å². The molecule has 27 heavy (non-hydrogen) atoms. The van der Waals surface area contributed by atoms with Gasteiger partial charge >= 0.3 is 0 Å². The number of fused-ring (bicyclic) bond motifs is 1. The van der Waals surface area contributed by atoms with Crippen molar-refractivity contribution in [2.45, 2.75) is 12.8 Å². The second kappa shape index (κ2) is 7.19. The molecule has 1 N–H and O–H groups in total. The molecule has 0 fully saturated rings. The van der Waals surface area contributed by atoms with Gasteiger partial charge in [0.05, 0.1) is 17.0 Å². The van der Waals surface area contributed by atoms with Crippen molar-refractivity contribution in [2.24, 2.45) is 7.05 Å². The fourth-order valence-corrected chi connectivity index (χ4v) is 3.60. The number of nitrogens with one attached hydrogen (secondary N) is 1. The van der Waals surface area contributed by atoms with Gasteiger partial charge in [-0.2, -0.15) is 5.10 Å². The first kappa shape index (κ1) is 17.2. The van der Waals surface area contributed by atoms with Crippen molar-refractivity contribution >= 4 is 11.9 Å². The molecule has 1 aliphatic heterocycles. The van der Waals surface area contributed by atoms with Gasteiger partial charge in [0.2, 0.25) is 5.95 Å². The molecule has 0 unspecified atom stereocenters. The first-order valence-electron chi connectivity index (χ1n) is 9.06. The predicted octanol–water partition coefficient (Wildman–Crippen LogP) is 2.16. The molecule has 0 bridgehead atoms. The summed E-state index contributed by atoms with van der Waals surface area (Å²) in [4.78, 5) is 23.0. The minimum Gasteiger partial charge on any atom is -0.357 e. The molecule has 2 aromatic heterocycles. The Morgan fingerprint density at radius 3 is 2.48 bits per heavy atom. The lowest BCUT2D eigenvalue weighted by atomic mass is 10.0. The first-order valence-corrected chi connectivity index (χ1v) is 9.06. The molecule has 1 amide bonds. The fourth-order valence-electron chi connectivity index (χ4n) is 3.60. The topological polar surface area (TPSA) is 75.9 Å². The SMILES string of the molecule is CNc1ncc(C(=O)N2CCc3nn(C)c(-c4ccccc4)c3CC2)cn1. The molecular weight excluding hydrogens is 340 g/mol. The maximum Gasteiger partial charge on any atom is 0.257 e. The number of nitrogens with zero attached hydrogens (tertiary/aromatic N) is 5. The molecule has 0 saturated heterocycles. The van der Waals surface area contributed by atoms with Gasteiger partial charge in [0, 0.05) is 57.1 Å². The lowest BCUT2D eigenvalue weighted by molar-refractivity contribution is 0.0762. The third-order valence-electron chi connectivity index (χ3n) is 4.94. The number of amides is 1. The third-order valence-corrected chi connectivity index (χ3v) is 4.94. The van der Waals surface area contributed by atoms with Crippen LogP contribution in [0.15, 0.2) is 42.7 Å². The van der Waals surface area contributed by atoms with Gasteiger partial charge in [-0.05, 0) is 6.42 Å². The van der Waals surface area contributed by atoms with E-state index in [1.807, 2.05) is 34.8 Å². The third kappa shape index (κ3) is 3.28. The fraction of sp³-hybridized carbons (Fsp3) is 0.300. The van der Waals surface area contributed by atoms with E-state index >= 15 is 0 Å². The van der Waals surface area contributed by atoms with Crippen LogP contribution in [0.25, 0.3) is 11.3 Å². The number of aromatic nitrogens is 4. The highest BCUT2D eigenvalue weighted by atomic mass is 16.2. The molecule has 0 radical (unpaired) electrons. The van der Waals surface area contributed by atoms with Gasteiger partial charge in [0.15, 0.2) is 0 Å². The molecule has 138 valence electrons. The number of benzene rings is 1. The summed E-state index contributed by atoms with van der Waals surface area (Å²) in [6.45, 7) is 1.30. The Morgan fingerprint density at radius 1 is 1.07 bits per heavy atom. The smallest absolute Gasteiger partial charge is 0.257 e. The van der Waals surface area contributed by atoms with Crippen molar-refractivity contribution in [1.82, 2.24) is 24.6 Å². The largest absolute Gasteiger partial charge is 0.357 e. The predicted molar refractivity (Wildman–Crippen MR) is 104 cm³/mol. The van der Waals surface area contributed by atoms with E-state index in [0.717, 1.165) is 29.8 Å².